The van der Waals surface area contributed by atoms with Gasteiger partial charge >= 0.3 is 0 Å². The number of carbonyl (C=O) groups excluding carboxylic acids is 1. The molecule has 1 amide bonds. The van der Waals surface area contributed by atoms with Crippen LogP contribution in [-0.2, 0) is 4.79 Å². The summed E-state index contributed by atoms with van der Waals surface area (Å²) in [5, 5.41) is 7.56. The third kappa shape index (κ3) is 3.65. The molecule has 0 aliphatic carbocycles. The molecule has 2 N–H and O–H groups in total. The fourth-order valence-corrected chi connectivity index (χ4v) is 4.54. The Hall–Kier alpha value is -1.79. The normalized spacial score (nSPS) is 21.3. The number of aliphatic imine (C=N–C) groups is 1. The van der Waals surface area contributed by atoms with Crippen LogP contribution in [0.2, 0.25) is 5.02 Å². The number of amidine groups is 1. The van der Waals surface area contributed by atoms with E-state index in [1.54, 1.807) is 0 Å². The van der Waals surface area contributed by atoms with Crippen LogP contribution in [0.5, 0.6) is 0 Å². The van der Waals surface area contributed by atoms with Crippen molar-refractivity contribution in [3.8, 4) is 0 Å². The van der Waals surface area contributed by atoms with Gasteiger partial charge in [-0.25, -0.2) is 0 Å². The summed E-state index contributed by atoms with van der Waals surface area (Å²) in [5.41, 5.74) is 1.88. The van der Waals surface area contributed by atoms with Gasteiger partial charge in [0.25, 0.3) is 0 Å². The SMILES string of the molecule is CC(C)(C)NC(=O)CN1CCC2(CC1)Nc1cc(Cl)ccc1C1=NCCN12. The van der Waals surface area contributed by atoms with E-state index in [1.165, 1.54) is 0 Å². The molecular weight excluding hydrogens is 362 g/mol. The van der Waals surface area contributed by atoms with Crippen LogP contribution in [0.3, 0.4) is 0 Å². The molecule has 6 nitrogen and oxygen atoms in total. The van der Waals surface area contributed by atoms with E-state index >= 15 is 0 Å². The molecule has 3 aliphatic rings. The molecule has 1 saturated heterocycles. The predicted molar refractivity (Wildman–Crippen MR) is 109 cm³/mol. The van der Waals surface area contributed by atoms with Crippen molar-refractivity contribution in [1.29, 1.82) is 0 Å². The fourth-order valence-electron chi connectivity index (χ4n) is 4.36. The first kappa shape index (κ1) is 18.6. The Morgan fingerprint density at radius 2 is 2.04 bits per heavy atom. The van der Waals surface area contributed by atoms with E-state index in [1.807, 2.05) is 32.9 Å². The van der Waals surface area contributed by atoms with Crippen molar-refractivity contribution in [2.45, 2.75) is 44.8 Å². The first-order valence-electron chi connectivity index (χ1n) is 9.69. The summed E-state index contributed by atoms with van der Waals surface area (Å²) in [6.07, 6.45) is 1.89. The molecule has 0 bridgehead atoms. The molecule has 0 saturated carbocycles. The van der Waals surface area contributed by atoms with Crippen molar-refractivity contribution in [3.05, 3.63) is 28.8 Å². The second-order valence-corrected chi connectivity index (χ2v) is 9.21. The Morgan fingerprint density at radius 3 is 2.74 bits per heavy atom. The van der Waals surface area contributed by atoms with Gasteiger partial charge in [-0.2, -0.15) is 0 Å². The van der Waals surface area contributed by atoms with Gasteiger partial charge in [-0.05, 0) is 39.0 Å². The van der Waals surface area contributed by atoms with E-state index in [0.717, 1.165) is 61.1 Å². The van der Waals surface area contributed by atoms with Crippen molar-refractivity contribution < 1.29 is 4.79 Å². The highest BCUT2D eigenvalue weighted by Crippen LogP contribution is 2.40. The topological polar surface area (TPSA) is 60.0 Å². The number of amides is 1. The largest absolute Gasteiger partial charge is 0.362 e. The van der Waals surface area contributed by atoms with Gasteiger partial charge in [0.1, 0.15) is 11.5 Å². The molecule has 1 aromatic rings. The molecule has 1 spiro atoms. The molecule has 27 heavy (non-hydrogen) atoms. The second-order valence-electron chi connectivity index (χ2n) is 8.78. The molecular formula is C20H28ClN5O. The lowest BCUT2D eigenvalue weighted by Crippen LogP contribution is -2.63. The minimum absolute atomic E-state index is 0.0932. The number of piperidine rings is 1. The highest BCUT2D eigenvalue weighted by atomic mass is 35.5. The van der Waals surface area contributed by atoms with Gasteiger partial charge in [0, 0.05) is 54.3 Å². The summed E-state index contributed by atoms with van der Waals surface area (Å²) in [4.78, 5) is 21.7. The monoisotopic (exact) mass is 389 g/mol. The zero-order valence-electron chi connectivity index (χ0n) is 16.3. The number of carbonyl (C=O) groups is 1. The Morgan fingerprint density at radius 1 is 1.30 bits per heavy atom. The average Bonchev–Trinajstić information content (AvgIpc) is 3.06. The first-order chi connectivity index (χ1) is 12.8. The number of hydrogen-bond acceptors (Lipinski definition) is 5. The Labute approximate surface area is 166 Å². The van der Waals surface area contributed by atoms with Gasteiger partial charge < -0.3 is 15.5 Å². The van der Waals surface area contributed by atoms with E-state index in [9.17, 15) is 4.79 Å². The lowest BCUT2D eigenvalue weighted by Gasteiger charge is -2.52. The fraction of sp³-hybridized carbons (Fsp3) is 0.600. The van der Waals surface area contributed by atoms with Crippen LogP contribution in [0.4, 0.5) is 5.69 Å². The lowest BCUT2D eigenvalue weighted by molar-refractivity contribution is -0.124. The van der Waals surface area contributed by atoms with E-state index in [2.05, 4.69) is 26.5 Å². The number of hydrogen-bond donors (Lipinski definition) is 2. The smallest absolute Gasteiger partial charge is 0.234 e. The van der Waals surface area contributed by atoms with E-state index < -0.39 is 0 Å². The highest BCUT2D eigenvalue weighted by molar-refractivity contribution is 6.31. The standard InChI is InChI=1S/C20H28ClN5O/c1-19(2,3)24-17(27)13-25-9-6-20(7-10-25)23-16-12-14(21)4-5-15(16)18-22-8-11-26(18)20/h4-5,12,23H,6-11,13H2,1-3H3,(H,24,27). The van der Waals surface area contributed by atoms with Gasteiger partial charge in [-0.15, -0.1) is 0 Å². The van der Waals surface area contributed by atoms with Gasteiger partial charge in [0.05, 0.1) is 13.1 Å². The molecule has 4 rings (SSSR count). The summed E-state index contributed by atoms with van der Waals surface area (Å²) in [7, 11) is 0. The number of benzene rings is 1. The Balaban J connectivity index is 1.48. The van der Waals surface area contributed by atoms with E-state index in [4.69, 9.17) is 16.6 Å². The molecule has 0 atom stereocenters. The summed E-state index contributed by atoms with van der Waals surface area (Å²) in [6, 6.07) is 5.98. The minimum Gasteiger partial charge on any atom is -0.362 e. The van der Waals surface area contributed by atoms with Crippen LogP contribution in [0.25, 0.3) is 0 Å². The number of anilines is 1. The summed E-state index contributed by atoms with van der Waals surface area (Å²) >= 11 is 6.23. The first-order valence-corrected chi connectivity index (χ1v) is 10.1. The molecule has 0 aromatic heterocycles. The second kappa shape index (κ2) is 6.67. The molecule has 3 aliphatic heterocycles. The molecule has 1 aromatic carbocycles. The number of rotatable bonds is 2. The zero-order valence-corrected chi connectivity index (χ0v) is 17.1. The molecule has 7 heteroatoms. The summed E-state index contributed by atoms with van der Waals surface area (Å²) in [5.74, 6) is 1.18. The van der Waals surface area contributed by atoms with E-state index in [0.29, 0.717) is 6.54 Å². The van der Waals surface area contributed by atoms with E-state index in [-0.39, 0.29) is 17.1 Å². The minimum atomic E-state index is -0.192. The maximum Gasteiger partial charge on any atom is 0.234 e. The van der Waals surface area contributed by atoms with Gasteiger partial charge in [-0.3, -0.25) is 14.7 Å². The van der Waals surface area contributed by atoms with Gasteiger partial charge in [0.2, 0.25) is 5.91 Å². The number of nitrogens with zero attached hydrogens (tertiary/aromatic N) is 3. The molecule has 146 valence electrons. The number of halogens is 1. The summed E-state index contributed by atoms with van der Waals surface area (Å²) in [6.45, 7) is 10.0. The summed E-state index contributed by atoms with van der Waals surface area (Å²) < 4.78 is 0. The Kier molecular flexibility index (Phi) is 4.59. The van der Waals surface area contributed by atoms with Crippen molar-refractivity contribution in [3.63, 3.8) is 0 Å². The van der Waals surface area contributed by atoms with Crippen molar-refractivity contribution >= 4 is 29.0 Å². The molecule has 1 fully saturated rings. The van der Waals surface area contributed by atoms with Crippen molar-refractivity contribution in [2.24, 2.45) is 4.99 Å². The Bertz CT molecular complexity index is 777. The maximum absolute atomic E-state index is 12.3. The molecule has 0 radical (unpaired) electrons. The van der Waals surface area contributed by atoms with Crippen LogP contribution < -0.4 is 10.6 Å². The highest BCUT2D eigenvalue weighted by Gasteiger charge is 2.46. The number of fused-ring (bicyclic) bond motifs is 4. The van der Waals surface area contributed by atoms with Crippen molar-refractivity contribution in [1.82, 2.24) is 15.1 Å². The van der Waals surface area contributed by atoms with Crippen LogP contribution in [-0.4, -0.2) is 65.5 Å². The van der Waals surface area contributed by atoms with Gasteiger partial charge in [-0.1, -0.05) is 11.6 Å². The molecule has 0 unspecified atom stereocenters. The third-order valence-electron chi connectivity index (χ3n) is 5.51. The van der Waals surface area contributed by atoms with Gasteiger partial charge in [0.15, 0.2) is 0 Å². The number of nitrogens with one attached hydrogen (secondary N) is 2. The third-order valence-corrected chi connectivity index (χ3v) is 5.75. The number of likely N-dealkylation sites (tertiary alicyclic amines) is 1. The predicted octanol–water partition coefficient (Wildman–Crippen LogP) is 2.53. The zero-order chi connectivity index (χ0) is 19.2. The molecule has 3 heterocycles. The van der Waals surface area contributed by atoms with Crippen LogP contribution in [0, 0.1) is 0 Å². The lowest BCUT2D eigenvalue weighted by atomic mass is 9.90. The maximum atomic E-state index is 12.3. The van der Waals surface area contributed by atoms with Crippen molar-refractivity contribution in [2.75, 3.05) is 38.0 Å². The van der Waals surface area contributed by atoms with Crippen LogP contribution in [0.1, 0.15) is 39.2 Å². The van der Waals surface area contributed by atoms with Crippen LogP contribution >= 0.6 is 11.6 Å². The average molecular weight is 390 g/mol. The quantitative estimate of drug-likeness (QED) is 0.816. The van der Waals surface area contributed by atoms with Crippen LogP contribution in [0.15, 0.2) is 23.2 Å².